The maximum atomic E-state index is 12.4. The van der Waals surface area contributed by atoms with Gasteiger partial charge in [0.15, 0.2) is 12.3 Å². The van der Waals surface area contributed by atoms with Crippen LogP contribution in [0.25, 0.3) is 16.7 Å². The molecule has 152 valence electrons. The second-order valence-electron chi connectivity index (χ2n) is 7.41. The van der Waals surface area contributed by atoms with E-state index in [0.29, 0.717) is 11.5 Å². The summed E-state index contributed by atoms with van der Waals surface area (Å²) in [5.74, 6) is 0.174. The molecule has 0 saturated heterocycles. The Balaban J connectivity index is 1.58. The molecule has 0 radical (unpaired) electrons. The number of ether oxygens (including phenoxy) is 1. The maximum Gasteiger partial charge on any atom is 0.262 e. The van der Waals surface area contributed by atoms with Gasteiger partial charge in [-0.05, 0) is 56.5 Å². The number of rotatable bonds is 5. The van der Waals surface area contributed by atoms with Crippen LogP contribution in [0.1, 0.15) is 22.4 Å². The van der Waals surface area contributed by atoms with Crippen LogP contribution in [0, 0.1) is 27.7 Å². The molecule has 30 heavy (non-hydrogen) atoms. The van der Waals surface area contributed by atoms with Crippen LogP contribution in [0.4, 0.5) is 5.69 Å². The van der Waals surface area contributed by atoms with Crippen LogP contribution in [0.3, 0.4) is 0 Å². The predicted molar refractivity (Wildman–Crippen MR) is 118 cm³/mol. The van der Waals surface area contributed by atoms with Gasteiger partial charge in [0.05, 0.1) is 11.4 Å². The van der Waals surface area contributed by atoms with Gasteiger partial charge < -0.3 is 10.1 Å². The van der Waals surface area contributed by atoms with Gasteiger partial charge in [0.25, 0.3) is 5.91 Å². The Kier molecular flexibility index (Phi) is 5.23. The van der Waals surface area contributed by atoms with Crippen LogP contribution in [0.2, 0.25) is 0 Å². The minimum atomic E-state index is -0.223. The van der Waals surface area contributed by atoms with Crippen molar-refractivity contribution in [2.24, 2.45) is 0 Å². The van der Waals surface area contributed by atoms with Gasteiger partial charge in [-0.25, -0.2) is 4.68 Å². The van der Waals surface area contributed by atoms with E-state index >= 15 is 0 Å². The first-order chi connectivity index (χ1) is 14.4. The molecular formula is C24H24N4O2. The summed E-state index contributed by atoms with van der Waals surface area (Å²) >= 11 is 0. The number of hydrogen-bond acceptors (Lipinski definition) is 4. The van der Waals surface area contributed by atoms with E-state index in [1.165, 1.54) is 0 Å². The molecular weight excluding hydrogens is 376 g/mol. The molecule has 0 aliphatic rings. The van der Waals surface area contributed by atoms with Crippen molar-refractivity contribution in [3.05, 3.63) is 77.0 Å². The molecule has 4 rings (SSSR count). The zero-order valence-electron chi connectivity index (χ0n) is 17.6. The van der Waals surface area contributed by atoms with E-state index in [0.717, 1.165) is 39.1 Å². The highest BCUT2D eigenvalue weighted by Crippen LogP contribution is 2.26. The lowest BCUT2D eigenvalue weighted by Crippen LogP contribution is -2.21. The molecule has 1 amide bonds. The first-order valence-electron chi connectivity index (χ1n) is 9.85. The number of para-hydroxylation sites is 2. The molecule has 6 nitrogen and oxygen atoms in total. The molecule has 2 aromatic heterocycles. The summed E-state index contributed by atoms with van der Waals surface area (Å²) < 4.78 is 7.55. The number of fused-ring (bicyclic) bond motifs is 1. The lowest BCUT2D eigenvalue weighted by molar-refractivity contribution is -0.118. The molecule has 0 unspecified atom stereocenters. The lowest BCUT2D eigenvalue weighted by atomic mass is 10.1. The molecule has 1 N–H and O–H groups in total. The van der Waals surface area contributed by atoms with Gasteiger partial charge in [0.1, 0.15) is 0 Å². The van der Waals surface area contributed by atoms with Gasteiger partial charge in [0, 0.05) is 17.1 Å². The summed E-state index contributed by atoms with van der Waals surface area (Å²) in [6.07, 6.45) is 0. The topological polar surface area (TPSA) is 69.0 Å². The fourth-order valence-corrected chi connectivity index (χ4v) is 3.62. The van der Waals surface area contributed by atoms with Crippen LogP contribution in [-0.2, 0) is 4.79 Å². The number of aryl methyl sites for hydroxylation is 4. The zero-order valence-corrected chi connectivity index (χ0v) is 17.6. The summed E-state index contributed by atoms with van der Waals surface area (Å²) in [5.41, 5.74) is 6.39. The minimum Gasteiger partial charge on any atom is -0.467 e. The van der Waals surface area contributed by atoms with Crippen molar-refractivity contribution >= 4 is 22.6 Å². The second kappa shape index (κ2) is 7.99. The number of aromatic nitrogens is 3. The summed E-state index contributed by atoms with van der Waals surface area (Å²) in [6.45, 7) is 7.78. The Labute approximate surface area is 175 Å². The molecule has 0 fully saturated rings. The van der Waals surface area contributed by atoms with E-state index < -0.39 is 0 Å². The van der Waals surface area contributed by atoms with Crippen LogP contribution in [-0.4, -0.2) is 27.3 Å². The van der Waals surface area contributed by atoms with Crippen molar-refractivity contribution in [1.82, 2.24) is 14.8 Å². The fourth-order valence-electron chi connectivity index (χ4n) is 3.62. The summed E-state index contributed by atoms with van der Waals surface area (Å²) in [7, 11) is 0. The average molecular weight is 400 g/mol. The van der Waals surface area contributed by atoms with E-state index in [9.17, 15) is 4.79 Å². The first kappa shape index (κ1) is 19.6. The molecule has 0 bridgehead atoms. The van der Waals surface area contributed by atoms with E-state index in [2.05, 4.69) is 15.4 Å². The minimum absolute atomic E-state index is 0.121. The number of nitrogens with one attached hydrogen (secondary N) is 1. The zero-order chi connectivity index (χ0) is 21.3. The molecule has 0 spiro atoms. The number of pyridine rings is 1. The van der Waals surface area contributed by atoms with Gasteiger partial charge in [-0.2, -0.15) is 10.1 Å². The standard InChI is InChI=1S/C24H24N4O2/c1-15-9-8-10-16(2)23(15)25-20(29)14-30-21-13-17(3)22-18(4)27-28(24(22)26-21)19-11-6-5-7-12-19/h5-13H,14H2,1-4H3,(H,25,29). The monoisotopic (exact) mass is 400 g/mol. The number of carbonyl (C=O) groups excluding carboxylic acids is 1. The number of benzene rings is 2. The van der Waals surface area contributed by atoms with Crippen LogP contribution in [0.15, 0.2) is 54.6 Å². The number of nitrogens with zero attached hydrogens (tertiary/aromatic N) is 3. The van der Waals surface area contributed by atoms with Crippen molar-refractivity contribution in [3.63, 3.8) is 0 Å². The molecule has 6 heteroatoms. The Morgan fingerprint density at radius 3 is 2.37 bits per heavy atom. The summed E-state index contributed by atoms with van der Waals surface area (Å²) in [6, 6.07) is 17.6. The van der Waals surface area contributed by atoms with Gasteiger partial charge >= 0.3 is 0 Å². The molecule has 2 heterocycles. The van der Waals surface area contributed by atoms with E-state index in [-0.39, 0.29) is 12.5 Å². The highest BCUT2D eigenvalue weighted by Gasteiger charge is 2.15. The number of hydrogen-bond donors (Lipinski definition) is 1. The molecule has 4 aromatic rings. The Bertz CT molecular complexity index is 1210. The lowest BCUT2D eigenvalue weighted by Gasteiger charge is -2.12. The number of anilines is 1. The quantitative estimate of drug-likeness (QED) is 0.528. The normalized spacial score (nSPS) is 10.9. The van der Waals surface area contributed by atoms with Crippen molar-refractivity contribution in [2.45, 2.75) is 27.7 Å². The highest BCUT2D eigenvalue weighted by atomic mass is 16.5. The summed E-state index contributed by atoms with van der Waals surface area (Å²) in [5, 5.41) is 8.58. The van der Waals surface area contributed by atoms with Crippen LogP contribution >= 0.6 is 0 Å². The third-order valence-electron chi connectivity index (χ3n) is 5.08. The number of amides is 1. The van der Waals surface area contributed by atoms with Crippen LogP contribution in [0.5, 0.6) is 5.88 Å². The first-order valence-corrected chi connectivity index (χ1v) is 9.85. The number of carbonyl (C=O) groups is 1. The van der Waals surface area contributed by atoms with Crippen molar-refractivity contribution in [1.29, 1.82) is 0 Å². The van der Waals surface area contributed by atoms with Gasteiger partial charge in [-0.3, -0.25) is 4.79 Å². The van der Waals surface area contributed by atoms with Gasteiger partial charge in [-0.1, -0.05) is 36.4 Å². The summed E-state index contributed by atoms with van der Waals surface area (Å²) in [4.78, 5) is 17.1. The predicted octanol–water partition coefficient (Wildman–Crippen LogP) is 4.67. The van der Waals surface area contributed by atoms with E-state index in [4.69, 9.17) is 4.74 Å². The Morgan fingerprint density at radius 1 is 0.967 bits per heavy atom. The second-order valence-corrected chi connectivity index (χ2v) is 7.41. The molecule has 0 aliphatic carbocycles. The van der Waals surface area contributed by atoms with E-state index in [1.807, 2.05) is 82.3 Å². The fraction of sp³-hybridized carbons (Fsp3) is 0.208. The SMILES string of the molecule is Cc1cccc(C)c1NC(=O)COc1cc(C)c2c(C)nn(-c3ccccc3)c2n1. The van der Waals surface area contributed by atoms with Gasteiger partial charge in [0.2, 0.25) is 5.88 Å². The molecule has 0 atom stereocenters. The van der Waals surface area contributed by atoms with Crippen LogP contribution < -0.4 is 10.1 Å². The smallest absolute Gasteiger partial charge is 0.262 e. The third-order valence-corrected chi connectivity index (χ3v) is 5.08. The third kappa shape index (κ3) is 3.76. The largest absolute Gasteiger partial charge is 0.467 e. The Morgan fingerprint density at radius 2 is 1.67 bits per heavy atom. The van der Waals surface area contributed by atoms with Crippen molar-refractivity contribution in [2.75, 3.05) is 11.9 Å². The molecule has 2 aromatic carbocycles. The highest BCUT2D eigenvalue weighted by molar-refractivity contribution is 5.93. The molecule has 0 aliphatic heterocycles. The molecule has 0 saturated carbocycles. The maximum absolute atomic E-state index is 12.4. The average Bonchev–Trinajstić information content (AvgIpc) is 3.07. The van der Waals surface area contributed by atoms with E-state index in [1.54, 1.807) is 4.68 Å². The van der Waals surface area contributed by atoms with Crippen molar-refractivity contribution < 1.29 is 9.53 Å². The Hall–Kier alpha value is -3.67. The van der Waals surface area contributed by atoms with Crippen molar-refractivity contribution in [3.8, 4) is 11.6 Å². The van der Waals surface area contributed by atoms with Gasteiger partial charge in [-0.15, -0.1) is 0 Å².